The number of ketones is 1. The Kier molecular flexibility index (Phi) is 5.58. The first-order chi connectivity index (χ1) is 11.5. The van der Waals surface area contributed by atoms with E-state index in [1.165, 1.54) is 14.2 Å². The number of methoxy groups -OCH3 is 2. The van der Waals surface area contributed by atoms with Crippen LogP contribution in [0.1, 0.15) is 31.8 Å². The van der Waals surface area contributed by atoms with E-state index in [0.717, 1.165) is 11.1 Å². The zero-order chi connectivity index (χ0) is 17.7. The molecule has 0 aromatic heterocycles. The molecule has 0 atom stereocenters. The Morgan fingerprint density at radius 1 is 0.917 bits per heavy atom. The lowest BCUT2D eigenvalue weighted by molar-refractivity contribution is 0.0471. The van der Waals surface area contributed by atoms with E-state index in [4.69, 9.17) is 14.2 Å². The van der Waals surface area contributed by atoms with Gasteiger partial charge in [-0.05, 0) is 43.2 Å². The molecule has 0 radical (unpaired) electrons. The molecule has 5 nitrogen and oxygen atoms in total. The van der Waals surface area contributed by atoms with Crippen molar-refractivity contribution in [2.45, 2.75) is 13.8 Å². The Labute approximate surface area is 141 Å². The fourth-order valence-electron chi connectivity index (χ4n) is 2.17. The average Bonchev–Trinajstić information content (AvgIpc) is 2.60. The molecule has 24 heavy (non-hydrogen) atoms. The van der Waals surface area contributed by atoms with E-state index in [-0.39, 0.29) is 18.0 Å². The molecule has 0 heterocycles. The van der Waals surface area contributed by atoms with E-state index in [2.05, 4.69) is 0 Å². The highest BCUT2D eigenvalue weighted by Crippen LogP contribution is 2.25. The van der Waals surface area contributed by atoms with Gasteiger partial charge in [0.2, 0.25) is 0 Å². The number of Topliss-reactive ketones (excluding diaryl/α,β-unsaturated/α-hetero) is 1. The number of carbonyl (C=O) groups is 2. The Balaban J connectivity index is 2.07. The van der Waals surface area contributed by atoms with Crippen molar-refractivity contribution < 1.29 is 23.8 Å². The minimum atomic E-state index is -0.619. The summed E-state index contributed by atoms with van der Waals surface area (Å²) >= 11 is 0. The number of aryl methyl sites for hydroxylation is 2. The van der Waals surface area contributed by atoms with Crippen LogP contribution in [0, 0.1) is 13.8 Å². The Hall–Kier alpha value is -2.82. The monoisotopic (exact) mass is 328 g/mol. The summed E-state index contributed by atoms with van der Waals surface area (Å²) in [7, 11) is 2.97. The quantitative estimate of drug-likeness (QED) is 0.601. The minimum Gasteiger partial charge on any atom is -0.497 e. The fourth-order valence-corrected chi connectivity index (χ4v) is 2.17. The van der Waals surface area contributed by atoms with Crippen molar-refractivity contribution in [1.82, 2.24) is 0 Å². The van der Waals surface area contributed by atoms with Crippen LogP contribution in [-0.2, 0) is 4.74 Å². The predicted octanol–water partition coefficient (Wildman–Crippen LogP) is 3.36. The maximum absolute atomic E-state index is 12.2. The van der Waals surface area contributed by atoms with Gasteiger partial charge in [-0.1, -0.05) is 12.1 Å². The number of esters is 1. The van der Waals surface area contributed by atoms with Crippen LogP contribution in [-0.4, -0.2) is 32.6 Å². The molecule has 0 amide bonds. The molecule has 0 aliphatic carbocycles. The zero-order valence-electron chi connectivity index (χ0n) is 14.2. The summed E-state index contributed by atoms with van der Waals surface area (Å²) in [5.41, 5.74) is 2.88. The molecule has 0 fully saturated rings. The number of benzene rings is 2. The van der Waals surface area contributed by atoms with Crippen LogP contribution in [0.5, 0.6) is 11.5 Å². The number of carbonyl (C=O) groups excluding carboxylic acids is 2. The molecule has 0 aliphatic heterocycles. The number of ether oxygens (including phenoxy) is 3. The molecule has 0 saturated carbocycles. The van der Waals surface area contributed by atoms with E-state index >= 15 is 0 Å². The lowest BCUT2D eigenvalue weighted by Gasteiger charge is -2.10. The highest BCUT2D eigenvalue weighted by atomic mass is 16.5. The normalized spacial score (nSPS) is 10.2. The second-order valence-corrected chi connectivity index (χ2v) is 5.36. The summed E-state index contributed by atoms with van der Waals surface area (Å²) in [5, 5.41) is 0. The van der Waals surface area contributed by atoms with Gasteiger partial charge in [-0.15, -0.1) is 0 Å². The molecule has 0 aliphatic rings. The van der Waals surface area contributed by atoms with Crippen molar-refractivity contribution in [3.8, 4) is 11.5 Å². The first-order valence-corrected chi connectivity index (χ1v) is 7.46. The Morgan fingerprint density at radius 2 is 1.67 bits per heavy atom. The SMILES string of the molecule is COc1ccc(C(=O)OCC(=O)c2ccc(C)c(C)c2)c(OC)c1. The summed E-state index contributed by atoms with van der Waals surface area (Å²) < 4.78 is 15.4. The lowest BCUT2D eigenvalue weighted by atomic mass is 10.0. The summed E-state index contributed by atoms with van der Waals surface area (Å²) in [5.74, 6) is 0.0261. The van der Waals surface area contributed by atoms with Crippen molar-refractivity contribution >= 4 is 11.8 Å². The molecule has 0 spiro atoms. The van der Waals surface area contributed by atoms with Crippen molar-refractivity contribution in [3.63, 3.8) is 0 Å². The molecule has 0 bridgehead atoms. The largest absolute Gasteiger partial charge is 0.497 e. The summed E-state index contributed by atoms with van der Waals surface area (Å²) in [6, 6.07) is 10.1. The summed E-state index contributed by atoms with van der Waals surface area (Å²) in [4.78, 5) is 24.4. The molecule has 5 heteroatoms. The van der Waals surface area contributed by atoms with Crippen molar-refractivity contribution in [2.75, 3.05) is 20.8 Å². The number of rotatable bonds is 6. The van der Waals surface area contributed by atoms with Crippen molar-refractivity contribution in [1.29, 1.82) is 0 Å². The molecule has 126 valence electrons. The van der Waals surface area contributed by atoms with Crippen LogP contribution < -0.4 is 9.47 Å². The average molecular weight is 328 g/mol. The maximum Gasteiger partial charge on any atom is 0.342 e. The van der Waals surface area contributed by atoms with Crippen LogP contribution in [0.2, 0.25) is 0 Å². The maximum atomic E-state index is 12.2. The van der Waals surface area contributed by atoms with Crippen LogP contribution >= 0.6 is 0 Å². The molecule has 0 N–H and O–H groups in total. The van der Waals surface area contributed by atoms with Gasteiger partial charge < -0.3 is 14.2 Å². The number of hydrogen-bond acceptors (Lipinski definition) is 5. The lowest BCUT2D eigenvalue weighted by Crippen LogP contribution is -2.15. The topological polar surface area (TPSA) is 61.8 Å². The third-order valence-electron chi connectivity index (χ3n) is 3.79. The van der Waals surface area contributed by atoms with Gasteiger partial charge in [-0.25, -0.2) is 4.79 Å². The highest BCUT2D eigenvalue weighted by molar-refractivity contribution is 6.00. The van der Waals surface area contributed by atoms with E-state index < -0.39 is 5.97 Å². The summed E-state index contributed by atoms with van der Waals surface area (Å²) in [6.07, 6.45) is 0. The van der Waals surface area contributed by atoms with Gasteiger partial charge in [-0.2, -0.15) is 0 Å². The molecule has 2 aromatic carbocycles. The molecule has 0 unspecified atom stereocenters. The molecular formula is C19H20O5. The zero-order valence-corrected chi connectivity index (χ0v) is 14.2. The third kappa shape index (κ3) is 3.93. The highest BCUT2D eigenvalue weighted by Gasteiger charge is 2.17. The molecule has 2 rings (SSSR count). The number of hydrogen-bond donors (Lipinski definition) is 0. The Bertz CT molecular complexity index is 764. The first-order valence-electron chi connectivity index (χ1n) is 7.46. The van der Waals surface area contributed by atoms with Crippen molar-refractivity contribution in [2.24, 2.45) is 0 Å². The molecular weight excluding hydrogens is 308 g/mol. The Morgan fingerprint density at radius 3 is 2.29 bits per heavy atom. The fraction of sp³-hybridized carbons (Fsp3) is 0.263. The van der Waals surface area contributed by atoms with Gasteiger partial charge >= 0.3 is 5.97 Å². The van der Waals surface area contributed by atoms with E-state index in [0.29, 0.717) is 17.1 Å². The van der Waals surface area contributed by atoms with E-state index in [9.17, 15) is 9.59 Å². The van der Waals surface area contributed by atoms with Crippen LogP contribution in [0.4, 0.5) is 0 Å². The van der Waals surface area contributed by atoms with Gasteiger partial charge in [0.15, 0.2) is 12.4 Å². The second kappa shape index (κ2) is 7.64. The molecule has 2 aromatic rings. The second-order valence-electron chi connectivity index (χ2n) is 5.36. The third-order valence-corrected chi connectivity index (χ3v) is 3.79. The predicted molar refractivity (Wildman–Crippen MR) is 90.1 cm³/mol. The standard InChI is InChI=1S/C19H20O5/c1-12-5-6-14(9-13(12)2)17(20)11-24-19(21)16-8-7-15(22-3)10-18(16)23-4/h5-10H,11H2,1-4H3. The van der Waals surface area contributed by atoms with E-state index in [1.54, 1.807) is 30.3 Å². The van der Waals surface area contributed by atoms with Gasteiger partial charge in [0.05, 0.1) is 14.2 Å². The van der Waals surface area contributed by atoms with Crippen LogP contribution in [0.3, 0.4) is 0 Å². The van der Waals surface area contributed by atoms with E-state index in [1.807, 2.05) is 19.9 Å². The van der Waals surface area contributed by atoms with Gasteiger partial charge in [0.25, 0.3) is 0 Å². The van der Waals surface area contributed by atoms with Gasteiger partial charge in [-0.3, -0.25) is 4.79 Å². The van der Waals surface area contributed by atoms with Crippen LogP contribution in [0.25, 0.3) is 0 Å². The smallest absolute Gasteiger partial charge is 0.342 e. The molecule has 0 saturated heterocycles. The summed E-state index contributed by atoms with van der Waals surface area (Å²) in [6.45, 7) is 3.58. The van der Waals surface area contributed by atoms with Gasteiger partial charge in [0, 0.05) is 11.6 Å². The first kappa shape index (κ1) is 17.5. The van der Waals surface area contributed by atoms with Crippen LogP contribution in [0.15, 0.2) is 36.4 Å². The van der Waals surface area contributed by atoms with Crippen molar-refractivity contribution in [3.05, 3.63) is 58.7 Å². The minimum absolute atomic E-state index is 0.242. The van der Waals surface area contributed by atoms with Gasteiger partial charge in [0.1, 0.15) is 17.1 Å².